The normalized spacial score (nSPS) is 21.1. The number of nitrogen functional groups attached to an aromatic ring is 1. The Kier molecular flexibility index (Phi) is 5.69. The van der Waals surface area contributed by atoms with E-state index in [0.717, 1.165) is 10.8 Å². The summed E-state index contributed by atoms with van der Waals surface area (Å²) in [6, 6.07) is 9.94. The lowest BCUT2D eigenvalue weighted by atomic mass is 9.89. The number of anilines is 1. The van der Waals surface area contributed by atoms with Gasteiger partial charge >= 0.3 is 6.61 Å². The minimum atomic E-state index is -4.23. The fraction of sp³-hybridized carbons (Fsp3) is 0.158. The van der Waals surface area contributed by atoms with Crippen molar-refractivity contribution in [1.29, 1.82) is 0 Å². The minimum absolute atomic E-state index is 0.264. The van der Waals surface area contributed by atoms with Gasteiger partial charge in [0.25, 0.3) is 0 Å². The Morgan fingerprint density at radius 1 is 1.26 bits per heavy atom. The van der Waals surface area contributed by atoms with Gasteiger partial charge in [0.05, 0.1) is 15.1 Å². The molecule has 4 rings (SSSR count). The molecule has 7 nitrogen and oxygen atoms in total. The number of hydrogen-bond donors (Lipinski definition) is 2. The molecule has 2 heterocycles. The standard InChI is InChI=1S/C19H15ClF2N4O3S2/c20-16-19(7-2-8-24-16,11-5-6-14-15(9-11)30-18(23)25-14)26-31(27,28)13-4-1-3-12(10-13)29-17(21)22/h1-10,16-17,26H,(H2,23,25). The van der Waals surface area contributed by atoms with Gasteiger partial charge in [-0.3, -0.25) is 4.99 Å². The lowest BCUT2D eigenvalue weighted by Crippen LogP contribution is -2.51. The zero-order valence-corrected chi connectivity index (χ0v) is 18.0. The van der Waals surface area contributed by atoms with Gasteiger partial charge in [-0.05, 0) is 35.9 Å². The van der Waals surface area contributed by atoms with Gasteiger partial charge in [-0.1, -0.05) is 41.1 Å². The van der Waals surface area contributed by atoms with E-state index in [4.69, 9.17) is 17.3 Å². The third-order valence-electron chi connectivity index (χ3n) is 4.56. The molecule has 0 aliphatic carbocycles. The molecule has 1 aliphatic rings. The summed E-state index contributed by atoms with van der Waals surface area (Å²) in [4.78, 5) is 8.08. The van der Waals surface area contributed by atoms with Crippen LogP contribution < -0.4 is 15.2 Å². The fourth-order valence-electron chi connectivity index (χ4n) is 3.19. The number of nitrogens with two attached hydrogens (primary N) is 1. The smallest absolute Gasteiger partial charge is 0.387 e. The monoisotopic (exact) mass is 484 g/mol. The number of halogens is 3. The molecular weight excluding hydrogens is 470 g/mol. The van der Waals surface area contributed by atoms with E-state index in [1.165, 1.54) is 35.8 Å². The van der Waals surface area contributed by atoms with Crippen LogP contribution in [0.1, 0.15) is 5.56 Å². The van der Waals surface area contributed by atoms with Crippen LogP contribution in [0.5, 0.6) is 5.75 Å². The lowest BCUT2D eigenvalue weighted by molar-refractivity contribution is -0.0499. The summed E-state index contributed by atoms with van der Waals surface area (Å²) in [6.45, 7) is -3.08. The highest BCUT2D eigenvalue weighted by Gasteiger charge is 2.42. The van der Waals surface area contributed by atoms with Gasteiger partial charge in [-0.15, -0.1) is 0 Å². The van der Waals surface area contributed by atoms with Crippen molar-refractivity contribution in [1.82, 2.24) is 9.71 Å². The lowest BCUT2D eigenvalue weighted by Gasteiger charge is -2.35. The molecule has 12 heteroatoms. The van der Waals surface area contributed by atoms with Gasteiger partial charge in [0.1, 0.15) is 11.3 Å². The quantitative estimate of drug-likeness (QED) is 0.408. The topological polar surface area (TPSA) is 107 Å². The van der Waals surface area contributed by atoms with Crippen molar-refractivity contribution in [2.24, 2.45) is 4.99 Å². The molecule has 0 fully saturated rings. The number of benzene rings is 2. The second kappa shape index (κ2) is 8.15. The average Bonchev–Trinajstić information content (AvgIpc) is 3.08. The molecule has 162 valence electrons. The molecule has 2 aromatic carbocycles. The SMILES string of the molecule is Nc1nc2ccc(C3(NS(=O)(=O)c4cccc(OC(F)F)c4)C=CC=NC3Cl)cc2s1. The highest BCUT2D eigenvalue weighted by atomic mass is 35.5. The number of aromatic nitrogens is 1. The van der Waals surface area contributed by atoms with Crippen molar-refractivity contribution < 1.29 is 21.9 Å². The Morgan fingerprint density at radius 2 is 2.06 bits per heavy atom. The molecule has 3 N–H and O–H groups in total. The van der Waals surface area contributed by atoms with Crippen molar-refractivity contribution in [3.63, 3.8) is 0 Å². The fourth-order valence-corrected chi connectivity index (χ4v) is 5.74. The summed E-state index contributed by atoms with van der Waals surface area (Å²) in [5.41, 5.74) is 4.49. The Bertz CT molecular complexity index is 1300. The van der Waals surface area contributed by atoms with Crippen LogP contribution in [0.4, 0.5) is 13.9 Å². The van der Waals surface area contributed by atoms with Gasteiger partial charge in [0.15, 0.2) is 10.6 Å². The van der Waals surface area contributed by atoms with Crippen LogP contribution in [-0.4, -0.2) is 31.7 Å². The molecule has 1 aliphatic heterocycles. The maximum atomic E-state index is 13.2. The van der Waals surface area contributed by atoms with E-state index in [1.54, 1.807) is 30.4 Å². The van der Waals surface area contributed by atoms with E-state index in [0.29, 0.717) is 16.2 Å². The van der Waals surface area contributed by atoms with Gasteiger partial charge in [-0.2, -0.15) is 13.5 Å². The number of allylic oxidation sites excluding steroid dienone is 1. The summed E-state index contributed by atoms with van der Waals surface area (Å²) in [5, 5.41) is 0.372. The van der Waals surface area contributed by atoms with Crippen LogP contribution in [0.25, 0.3) is 10.2 Å². The molecular formula is C19H15ClF2N4O3S2. The number of fused-ring (bicyclic) bond motifs is 1. The Hall–Kier alpha value is -2.60. The van der Waals surface area contributed by atoms with E-state index in [-0.39, 0.29) is 10.6 Å². The molecule has 31 heavy (non-hydrogen) atoms. The van der Waals surface area contributed by atoms with Crippen LogP contribution in [0.3, 0.4) is 0 Å². The minimum Gasteiger partial charge on any atom is -0.435 e. The van der Waals surface area contributed by atoms with Crippen molar-refractivity contribution in [3.05, 3.63) is 60.2 Å². The number of dihydropyridines is 1. The second-order valence-corrected chi connectivity index (χ2v) is 9.71. The van der Waals surface area contributed by atoms with Gasteiger partial charge in [0.2, 0.25) is 10.0 Å². The van der Waals surface area contributed by atoms with Gasteiger partial charge in [-0.25, -0.2) is 13.4 Å². The number of nitrogens with one attached hydrogen (secondary N) is 1. The molecule has 0 bridgehead atoms. The zero-order chi connectivity index (χ0) is 22.2. The van der Waals surface area contributed by atoms with Crippen LogP contribution in [0, 0.1) is 0 Å². The summed E-state index contributed by atoms with van der Waals surface area (Å²) >= 11 is 7.74. The number of nitrogens with zero attached hydrogens (tertiary/aromatic N) is 2. The third-order valence-corrected chi connectivity index (χ3v) is 7.35. The molecule has 0 spiro atoms. The summed E-state index contributed by atoms with van der Waals surface area (Å²) in [7, 11) is -4.23. The maximum absolute atomic E-state index is 13.2. The molecule has 0 saturated heterocycles. The number of hydrogen-bond acceptors (Lipinski definition) is 7. The first-order valence-corrected chi connectivity index (χ1v) is 11.5. The number of ether oxygens (including phenoxy) is 1. The molecule has 1 aromatic heterocycles. The number of sulfonamides is 1. The van der Waals surface area contributed by atoms with Crippen LogP contribution in [0.15, 0.2) is 64.5 Å². The first-order valence-electron chi connectivity index (χ1n) is 8.80. The van der Waals surface area contributed by atoms with Crippen molar-refractivity contribution >= 4 is 54.5 Å². The molecule has 0 amide bonds. The second-order valence-electron chi connectivity index (χ2n) is 6.56. The van der Waals surface area contributed by atoms with Crippen LogP contribution in [0.2, 0.25) is 0 Å². The van der Waals surface area contributed by atoms with Gasteiger partial charge in [0, 0.05) is 12.3 Å². The third kappa shape index (κ3) is 4.26. The Labute approximate surface area is 185 Å². The summed E-state index contributed by atoms with van der Waals surface area (Å²) < 4.78 is 59.1. The summed E-state index contributed by atoms with van der Waals surface area (Å²) in [6.07, 6.45) is 4.62. The Morgan fingerprint density at radius 3 is 2.81 bits per heavy atom. The van der Waals surface area contributed by atoms with Crippen molar-refractivity contribution in [3.8, 4) is 5.75 Å². The summed E-state index contributed by atoms with van der Waals surface area (Å²) in [5.74, 6) is -0.284. The molecule has 2 unspecified atom stereocenters. The zero-order valence-electron chi connectivity index (χ0n) is 15.6. The van der Waals surface area contributed by atoms with E-state index in [2.05, 4.69) is 19.4 Å². The van der Waals surface area contributed by atoms with Crippen molar-refractivity contribution in [2.45, 2.75) is 22.5 Å². The molecule has 2 atom stereocenters. The number of rotatable bonds is 6. The van der Waals surface area contributed by atoms with Crippen molar-refractivity contribution in [2.75, 3.05) is 5.73 Å². The predicted molar refractivity (Wildman–Crippen MR) is 116 cm³/mol. The predicted octanol–water partition coefficient (Wildman–Crippen LogP) is 3.86. The largest absolute Gasteiger partial charge is 0.435 e. The van der Waals surface area contributed by atoms with Crippen LogP contribution >= 0.6 is 22.9 Å². The number of alkyl halides is 3. The van der Waals surface area contributed by atoms with E-state index in [1.807, 2.05) is 0 Å². The highest BCUT2D eigenvalue weighted by molar-refractivity contribution is 7.89. The maximum Gasteiger partial charge on any atom is 0.387 e. The van der Waals surface area contributed by atoms with E-state index in [9.17, 15) is 17.2 Å². The number of thiazole rings is 1. The van der Waals surface area contributed by atoms with Crippen LogP contribution in [-0.2, 0) is 15.6 Å². The first-order chi connectivity index (χ1) is 14.7. The molecule has 0 radical (unpaired) electrons. The number of aliphatic imine (C=N–C) groups is 1. The molecule has 0 saturated carbocycles. The average molecular weight is 485 g/mol. The molecule has 3 aromatic rings. The Balaban J connectivity index is 1.78. The van der Waals surface area contributed by atoms with E-state index < -0.39 is 27.7 Å². The first kappa shape index (κ1) is 21.6. The highest BCUT2D eigenvalue weighted by Crippen LogP contribution is 2.37. The van der Waals surface area contributed by atoms with Gasteiger partial charge < -0.3 is 10.5 Å². The van der Waals surface area contributed by atoms with E-state index >= 15 is 0 Å².